The number of likely N-dealkylation sites (N-methyl/N-ethyl adjacent to an activating group) is 1. The number of hydrogen-bond donors (Lipinski definition) is 2. The van der Waals surface area contributed by atoms with E-state index in [0.29, 0.717) is 56.7 Å². The summed E-state index contributed by atoms with van der Waals surface area (Å²) < 4.78 is 34.7. The quantitative estimate of drug-likeness (QED) is 0.180. The van der Waals surface area contributed by atoms with Gasteiger partial charge in [0, 0.05) is 35.8 Å². The number of nitrogens with one attached hydrogen (secondary N) is 2. The lowest BCUT2D eigenvalue weighted by Crippen LogP contribution is -2.24. The molecule has 5 aromatic rings. The largest absolute Gasteiger partial charge is 0.494 e. The molecule has 1 saturated carbocycles. The molecule has 0 spiro atoms. The van der Waals surface area contributed by atoms with Crippen molar-refractivity contribution in [3.8, 4) is 23.0 Å². The fourth-order valence-corrected chi connectivity index (χ4v) is 5.48. The number of aryl methyl sites for hydroxylation is 1. The molecule has 1 aliphatic carbocycles. The number of rotatable bonds is 10. The lowest BCUT2D eigenvalue weighted by Gasteiger charge is -2.18. The van der Waals surface area contributed by atoms with Gasteiger partial charge >= 0.3 is 0 Å². The maximum Gasteiger partial charge on any atom is 0.284 e. The maximum absolute atomic E-state index is 15.0. The number of methoxy groups -OCH3 is 1. The van der Waals surface area contributed by atoms with Gasteiger partial charge in [0.15, 0.2) is 11.5 Å². The van der Waals surface area contributed by atoms with Gasteiger partial charge in [0.25, 0.3) is 5.91 Å². The first-order valence-corrected chi connectivity index (χ1v) is 15.1. The maximum atomic E-state index is 15.0. The number of fused-ring (bicyclic) bond motifs is 2. The molecule has 1 amide bonds. The van der Waals surface area contributed by atoms with E-state index >= 15 is 0 Å². The molecule has 1 saturated heterocycles. The van der Waals surface area contributed by atoms with Gasteiger partial charge in [0.2, 0.25) is 0 Å². The summed E-state index contributed by atoms with van der Waals surface area (Å²) in [7, 11) is 3.40. The Labute approximate surface area is 264 Å². The number of halogens is 1. The van der Waals surface area contributed by atoms with Gasteiger partial charge in [0.1, 0.15) is 41.5 Å². The van der Waals surface area contributed by atoms with E-state index in [1.54, 1.807) is 22.8 Å². The third-order valence-corrected chi connectivity index (χ3v) is 8.17. The number of benzene rings is 2. The minimum Gasteiger partial charge on any atom is -0.494 e. The van der Waals surface area contributed by atoms with Gasteiger partial charge in [-0.05, 0) is 76.0 Å². The fourth-order valence-electron chi connectivity index (χ4n) is 5.48. The average molecular weight is 625 g/mol. The number of pyridine rings is 1. The SMILES string of the molecule is COc1cc2ncnc(Nc3cc(C)c(Oc4ccn5ncnc5c4)cc3OC3CC3)c2cc1NC(=O)/C(F)=C\[C@H]1CCCN1C. The molecule has 1 atom stereocenters. The highest BCUT2D eigenvalue weighted by atomic mass is 19.1. The summed E-state index contributed by atoms with van der Waals surface area (Å²) in [6.07, 6.45) is 9.90. The second kappa shape index (κ2) is 12.2. The smallest absolute Gasteiger partial charge is 0.284 e. The minimum absolute atomic E-state index is 0.113. The Morgan fingerprint density at radius 3 is 2.67 bits per heavy atom. The molecule has 12 nitrogen and oxygen atoms in total. The summed E-state index contributed by atoms with van der Waals surface area (Å²) in [5, 5.41) is 10.8. The van der Waals surface area contributed by atoms with Crippen molar-refractivity contribution in [2.75, 3.05) is 31.3 Å². The van der Waals surface area contributed by atoms with Crippen molar-refractivity contribution in [2.45, 2.75) is 44.8 Å². The van der Waals surface area contributed by atoms with Crippen LogP contribution in [-0.2, 0) is 4.79 Å². The van der Waals surface area contributed by atoms with Crippen LogP contribution in [0.2, 0.25) is 0 Å². The molecule has 46 heavy (non-hydrogen) atoms. The Balaban J connectivity index is 1.19. The van der Waals surface area contributed by atoms with E-state index in [9.17, 15) is 9.18 Å². The van der Waals surface area contributed by atoms with E-state index in [2.05, 4.69) is 30.7 Å². The normalized spacial score (nSPS) is 17.0. The first-order chi connectivity index (χ1) is 22.3. The third kappa shape index (κ3) is 6.13. The van der Waals surface area contributed by atoms with Crippen molar-refractivity contribution < 1.29 is 23.4 Å². The summed E-state index contributed by atoms with van der Waals surface area (Å²) in [4.78, 5) is 28.0. The van der Waals surface area contributed by atoms with Crippen LogP contribution in [-0.4, -0.2) is 68.2 Å². The first kappa shape index (κ1) is 29.4. The average Bonchev–Trinajstić information content (AvgIpc) is 3.59. The summed E-state index contributed by atoms with van der Waals surface area (Å²) >= 11 is 0. The van der Waals surface area contributed by atoms with E-state index < -0.39 is 11.7 Å². The number of anilines is 3. The number of carbonyl (C=O) groups excluding carboxylic acids is 1. The van der Waals surface area contributed by atoms with Crippen molar-refractivity contribution in [3.63, 3.8) is 0 Å². The van der Waals surface area contributed by atoms with Crippen LogP contribution in [0, 0.1) is 6.92 Å². The molecule has 2 aliphatic rings. The Morgan fingerprint density at radius 2 is 1.89 bits per heavy atom. The predicted molar refractivity (Wildman–Crippen MR) is 171 cm³/mol. The molecule has 7 rings (SSSR count). The summed E-state index contributed by atoms with van der Waals surface area (Å²) in [5.41, 5.74) is 3.07. The molecule has 4 heterocycles. The number of aromatic nitrogens is 5. The van der Waals surface area contributed by atoms with Crippen LogP contribution in [0.3, 0.4) is 0 Å². The highest BCUT2D eigenvalue weighted by Crippen LogP contribution is 2.41. The van der Waals surface area contributed by atoms with Gasteiger partial charge in [-0.2, -0.15) is 5.10 Å². The van der Waals surface area contributed by atoms with E-state index in [1.165, 1.54) is 25.8 Å². The van der Waals surface area contributed by atoms with Crippen LogP contribution in [0.1, 0.15) is 31.2 Å². The number of amides is 1. The minimum atomic E-state index is -0.848. The number of ether oxygens (including phenoxy) is 3. The van der Waals surface area contributed by atoms with Gasteiger partial charge in [-0.3, -0.25) is 9.69 Å². The van der Waals surface area contributed by atoms with E-state index in [-0.39, 0.29) is 12.1 Å². The van der Waals surface area contributed by atoms with Crippen LogP contribution in [0.5, 0.6) is 23.0 Å². The molecule has 2 fully saturated rings. The van der Waals surface area contributed by atoms with E-state index in [1.807, 2.05) is 43.1 Å². The zero-order valence-corrected chi connectivity index (χ0v) is 25.7. The fraction of sp³-hybridized carbons (Fsp3) is 0.303. The predicted octanol–water partition coefficient (Wildman–Crippen LogP) is 5.95. The molecular formula is C33H33FN8O4. The molecular weight excluding hydrogens is 591 g/mol. The molecule has 2 aromatic carbocycles. The number of hydrogen-bond acceptors (Lipinski definition) is 10. The van der Waals surface area contributed by atoms with E-state index in [4.69, 9.17) is 14.2 Å². The van der Waals surface area contributed by atoms with Gasteiger partial charge in [-0.25, -0.2) is 23.9 Å². The third-order valence-electron chi connectivity index (χ3n) is 8.17. The monoisotopic (exact) mass is 624 g/mol. The van der Waals surface area contributed by atoms with Crippen LogP contribution >= 0.6 is 0 Å². The van der Waals surface area contributed by atoms with Crippen molar-refractivity contribution in [2.24, 2.45) is 0 Å². The van der Waals surface area contributed by atoms with Gasteiger partial charge in [-0.15, -0.1) is 0 Å². The topological polar surface area (TPSA) is 128 Å². The Hall–Kier alpha value is -5.30. The lowest BCUT2D eigenvalue weighted by atomic mass is 10.1. The molecule has 2 N–H and O–H groups in total. The Kier molecular flexibility index (Phi) is 7.83. The molecule has 0 radical (unpaired) electrons. The van der Waals surface area contributed by atoms with Crippen LogP contribution in [0.15, 0.2) is 67.2 Å². The molecule has 0 unspecified atom stereocenters. The molecule has 13 heteroatoms. The summed E-state index contributed by atoms with van der Waals surface area (Å²) in [6.45, 7) is 2.81. The van der Waals surface area contributed by atoms with Crippen molar-refractivity contribution >= 4 is 39.6 Å². The number of carbonyl (C=O) groups is 1. The van der Waals surface area contributed by atoms with Crippen molar-refractivity contribution in [3.05, 3.63) is 72.7 Å². The highest BCUT2D eigenvalue weighted by Gasteiger charge is 2.26. The second-order valence-corrected chi connectivity index (χ2v) is 11.5. The Bertz CT molecular complexity index is 1970. The van der Waals surface area contributed by atoms with Crippen molar-refractivity contribution in [1.29, 1.82) is 0 Å². The zero-order chi connectivity index (χ0) is 31.8. The van der Waals surface area contributed by atoms with E-state index in [0.717, 1.165) is 37.8 Å². The summed E-state index contributed by atoms with van der Waals surface area (Å²) in [5.74, 6) is 0.973. The first-order valence-electron chi connectivity index (χ1n) is 15.1. The van der Waals surface area contributed by atoms with Crippen LogP contribution in [0.25, 0.3) is 16.6 Å². The molecule has 1 aliphatic heterocycles. The van der Waals surface area contributed by atoms with Crippen LogP contribution in [0.4, 0.5) is 21.6 Å². The highest BCUT2D eigenvalue weighted by molar-refractivity contribution is 6.05. The van der Waals surface area contributed by atoms with Gasteiger partial charge in [-0.1, -0.05) is 0 Å². The molecule has 0 bridgehead atoms. The summed E-state index contributed by atoms with van der Waals surface area (Å²) in [6, 6.07) is 10.7. The Morgan fingerprint density at radius 1 is 1.02 bits per heavy atom. The molecule has 236 valence electrons. The number of nitrogens with zero attached hydrogens (tertiary/aromatic N) is 6. The second-order valence-electron chi connectivity index (χ2n) is 11.5. The lowest BCUT2D eigenvalue weighted by molar-refractivity contribution is -0.114. The zero-order valence-electron chi connectivity index (χ0n) is 25.7. The van der Waals surface area contributed by atoms with Gasteiger partial charge in [0.05, 0.1) is 30.1 Å². The van der Waals surface area contributed by atoms with Gasteiger partial charge < -0.3 is 24.8 Å². The molecule has 3 aromatic heterocycles. The standard InChI is InChI=1S/C33H33FN8O4/c1-19-11-26(30(45-21-6-7-21)16-28(19)46-22-8-10-42-31(13-22)36-18-38-42)39-32-23-14-27(29(44-3)15-25(23)35-17-37-32)40-33(43)24(34)12-20-5-4-9-41(20)2/h8,10-18,20-21H,4-7,9H2,1-3H3,(H,40,43)(H,35,37,39)/b24-12+/t20-/m1/s1. The number of likely N-dealkylation sites (tertiary alicyclic amines) is 1. The van der Waals surface area contributed by atoms with Crippen molar-refractivity contribution in [1.82, 2.24) is 29.5 Å². The van der Waals surface area contributed by atoms with Crippen LogP contribution < -0.4 is 24.8 Å².